The van der Waals surface area contributed by atoms with Crippen LogP contribution in [0.25, 0.3) is 0 Å². The zero-order valence-electron chi connectivity index (χ0n) is 19.7. The van der Waals surface area contributed by atoms with Gasteiger partial charge < -0.3 is 14.8 Å². The van der Waals surface area contributed by atoms with Crippen molar-refractivity contribution >= 4 is 39.1 Å². The minimum absolute atomic E-state index is 0.112. The van der Waals surface area contributed by atoms with Crippen molar-refractivity contribution in [3.05, 3.63) is 71.8 Å². The quantitative estimate of drug-likeness (QED) is 0.390. The lowest BCUT2D eigenvalue weighted by atomic mass is 10.1. The maximum atomic E-state index is 12.8. The molecule has 0 spiro atoms. The normalized spacial score (nSPS) is 12.0. The number of ether oxygens (including phenoxy) is 2. The van der Waals surface area contributed by atoms with E-state index in [4.69, 9.17) is 9.47 Å². The Kier molecular flexibility index (Phi) is 8.11. The second-order valence-electron chi connectivity index (χ2n) is 7.66. The molecule has 3 rings (SSSR count). The number of para-hydroxylation sites is 1. The van der Waals surface area contributed by atoms with Gasteiger partial charge in [0.05, 0.1) is 30.1 Å². The Morgan fingerprint density at radius 1 is 0.912 bits per heavy atom. The summed E-state index contributed by atoms with van der Waals surface area (Å²) in [5.74, 6) is 1.00. The summed E-state index contributed by atoms with van der Waals surface area (Å²) >= 11 is 1.38. The molecule has 0 unspecified atom stereocenters. The molecule has 0 fully saturated rings. The molecule has 0 bridgehead atoms. The van der Waals surface area contributed by atoms with Crippen LogP contribution in [0.4, 0.5) is 11.4 Å². The van der Waals surface area contributed by atoms with Crippen molar-refractivity contribution in [1.29, 1.82) is 0 Å². The highest BCUT2D eigenvalue weighted by Crippen LogP contribution is 2.34. The number of rotatable bonds is 9. The van der Waals surface area contributed by atoms with Gasteiger partial charge >= 0.3 is 0 Å². The van der Waals surface area contributed by atoms with Gasteiger partial charge in [0, 0.05) is 10.6 Å². The van der Waals surface area contributed by atoms with E-state index in [0.29, 0.717) is 22.9 Å². The first kappa shape index (κ1) is 25.5. The van der Waals surface area contributed by atoms with Crippen LogP contribution >= 0.6 is 11.8 Å². The third kappa shape index (κ3) is 6.03. The SMILES string of the molecule is COc1ccc(S[C@H](C)C(=O)Nc2ccc(S(=O)(=O)Nc3c(C)cccc3C)cc2)cc1OC. The Hall–Kier alpha value is -3.17. The Balaban J connectivity index is 1.66. The molecular weight excluding hydrogens is 472 g/mol. The second kappa shape index (κ2) is 10.8. The molecule has 180 valence electrons. The van der Waals surface area contributed by atoms with E-state index in [2.05, 4.69) is 10.0 Å². The third-order valence-corrected chi connectivity index (χ3v) is 7.65. The number of benzene rings is 3. The number of sulfonamides is 1. The molecule has 0 heterocycles. The molecule has 0 saturated carbocycles. The van der Waals surface area contributed by atoms with Crippen molar-refractivity contribution < 1.29 is 22.7 Å². The van der Waals surface area contributed by atoms with Crippen LogP contribution in [0.5, 0.6) is 11.5 Å². The van der Waals surface area contributed by atoms with Gasteiger partial charge in [-0.2, -0.15) is 0 Å². The smallest absolute Gasteiger partial charge is 0.261 e. The van der Waals surface area contributed by atoms with Gasteiger partial charge in [-0.1, -0.05) is 18.2 Å². The first-order chi connectivity index (χ1) is 16.1. The molecule has 34 heavy (non-hydrogen) atoms. The van der Waals surface area contributed by atoms with Crippen LogP contribution < -0.4 is 19.5 Å². The summed E-state index contributed by atoms with van der Waals surface area (Å²) in [4.78, 5) is 13.6. The van der Waals surface area contributed by atoms with E-state index >= 15 is 0 Å². The van der Waals surface area contributed by atoms with Gasteiger partial charge in [0.15, 0.2) is 11.5 Å². The molecule has 2 N–H and O–H groups in total. The lowest BCUT2D eigenvalue weighted by Gasteiger charge is -2.15. The lowest BCUT2D eigenvalue weighted by Crippen LogP contribution is -2.22. The highest BCUT2D eigenvalue weighted by Gasteiger charge is 2.19. The highest BCUT2D eigenvalue weighted by atomic mass is 32.2. The number of hydrogen-bond donors (Lipinski definition) is 2. The van der Waals surface area contributed by atoms with E-state index in [-0.39, 0.29) is 10.8 Å². The van der Waals surface area contributed by atoms with Crippen LogP contribution in [0.3, 0.4) is 0 Å². The van der Waals surface area contributed by atoms with Gasteiger partial charge in [0.1, 0.15) is 0 Å². The van der Waals surface area contributed by atoms with Crippen LogP contribution in [-0.2, 0) is 14.8 Å². The number of methoxy groups -OCH3 is 2. The van der Waals surface area contributed by atoms with Gasteiger partial charge in [-0.3, -0.25) is 9.52 Å². The van der Waals surface area contributed by atoms with Gasteiger partial charge in [0.2, 0.25) is 5.91 Å². The summed E-state index contributed by atoms with van der Waals surface area (Å²) in [5, 5.41) is 2.43. The van der Waals surface area contributed by atoms with Crippen LogP contribution in [0.1, 0.15) is 18.1 Å². The molecule has 0 aliphatic heterocycles. The molecule has 0 aliphatic rings. The van der Waals surface area contributed by atoms with Gasteiger partial charge in [-0.15, -0.1) is 11.8 Å². The second-order valence-corrected chi connectivity index (χ2v) is 10.8. The van der Waals surface area contributed by atoms with Crippen molar-refractivity contribution in [2.75, 3.05) is 24.3 Å². The number of hydrogen-bond acceptors (Lipinski definition) is 6. The number of carbonyl (C=O) groups excluding carboxylic acids is 1. The molecule has 7 nitrogen and oxygen atoms in total. The average Bonchev–Trinajstić information content (AvgIpc) is 2.81. The van der Waals surface area contributed by atoms with Gasteiger partial charge in [-0.05, 0) is 74.4 Å². The zero-order chi connectivity index (χ0) is 24.9. The molecule has 0 aliphatic carbocycles. The number of anilines is 2. The molecule has 3 aromatic rings. The van der Waals surface area contributed by atoms with E-state index in [1.165, 1.54) is 23.9 Å². The van der Waals surface area contributed by atoms with Crippen molar-refractivity contribution in [1.82, 2.24) is 0 Å². The number of carbonyl (C=O) groups is 1. The van der Waals surface area contributed by atoms with E-state index in [0.717, 1.165) is 16.0 Å². The molecule has 0 saturated heterocycles. The average molecular weight is 501 g/mol. The van der Waals surface area contributed by atoms with Crippen molar-refractivity contribution in [3.8, 4) is 11.5 Å². The topological polar surface area (TPSA) is 93.7 Å². The van der Waals surface area contributed by atoms with Crippen LogP contribution in [0.2, 0.25) is 0 Å². The van der Waals surface area contributed by atoms with E-state index in [1.807, 2.05) is 44.2 Å². The van der Waals surface area contributed by atoms with E-state index < -0.39 is 15.3 Å². The van der Waals surface area contributed by atoms with E-state index in [9.17, 15) is 13.2 Å². The first-order valence-electron chi connectivity index (χ1n) is 10.5. The fourth-order valence-corrected chi connectivity index (χ4v) is 5.38. The molecule has 3 aromatic carbocycles. The van der Waals surface area contributed by atoms with Crippen LogP contribution in [0, 0.1) is 13.8 Å². The number of nitrogens with one attached hydrogen (secondary N) is 2. The summed E-state index contributed by atoms with van der Waals surface area (Å²) in [7, 11) is -0.636. The molecule has 9 heteroatoms. The van der Waals surface area contributed by atoms with Crippen LogP contribution in [-0.4, -0.2) is 33.8 Å². The Labute approximate surface area is 204 Å². The molecule has 0 radical (unpaired) electrons. The Morgan fingerprint density at radius 3 is 2.12 bits per heavy atom. The monoisotopic (exact) mass is 500 g/mol. The fraction of sp³-hybridized carbons (Fsp3) is 0.240. The molecular formula is C25H28N2O5S2. The Bertz CT molecular complexity index is 1250. The predicted octanol–water partition coefficient (Wildman–Crippen LogP) is 5.24. The lowest BCUT2D eigenvalue weighted by molar-refractivity contribution is -0.115. The van der Waals surface area contributed by atoms with Crippen molar-refractivity contribution in [2.45, 2.75) is 35.8 Å². The zero-order valence-corrected chi connectivity index (χ0v) is 21.3. The van der Waals surface area contributed by atoms with Crippen LogP contribution in [0.15, 0.2) is 70.5 Å². The van der Waals surface area contributed by atoms with Crippen molar-refractivity contribution in [2.24, 2.45) is 0 Å². The molecule has 0 aromatic heterocycles. The summed E-state index contributed by atoms with van der Waals surface area (Å²) in [5.41, 5.74) is 2.76. The Morgan fingerprint density at radius 2 is 1.53 bits per heavy atom. The number of amides is 1. The van der Waals surface area contributed by atoms with E-state index in [1.54, 1.807) is 39.3 Å². The molecule has 1 atom stereocenters. The minimum atomic E-state index is -3.76. The van der Waals surface area contributed by atoms with Gasteiger partial charge in [0.25, 0.3) is 10.0 Å². The first-order valence-corrected chi connectivity index (χ1v) is 12.9. The summed E-state index contributed by atoms with van der Waals surface area (Å²) in [6.07, 6.45) is 0. The number of thioether (sulfide) groups is 1. The predicted molar refractivity (Wildman–Crippen MR) is 137 cm³/mol. The minimum Gasteiger partial charge on any atom is -0.493 e. The number of aryl methyl sites for hydroxylation is 2. The standard InChI is InChI=1S/C25H28N2O5S2/c1-16-7-6-8-17(2)24(16)27-34(29,30)21-12-9-19(10-13-21)26-25(28)18(3)33-20-11-14-22(31-4)23(15-20)32-5/h6-15,18,27H,1-5H3,(H,26,28)/t18-/m1/s1. The summed E-state index contributed by atoms with van der Waals surface area (Å²) in [6.45, 7) is 5.50. The third-order valence-electron chi connectivity index (χ3n) is 5.19. The maximum absolute atomic E-state index is 12.8. The fourth-order valence-electron chi connectivity index (χ4n) is 3.28. The maximum Gasteiger partial charge on any atom is 0.261 e. The summed E-state index contributed by atoms with van der Waals surface area (Å²) < 4.78 is 38.9. The van der Waals surface area contributed by atoms with Gasteiger partial charge in [-0.25, -0.2) is 8.42 Å². The van der Waals surface area contributed by atoms with Crippen molar-refractivity contribution in [3.63, 3.8) is 0 Å². The molecule has 1 amide bonds. The largest absolute Gasteiger partial charge is 0.493 e. The highest BCUT2D eigenvalue weighted by molar-refractivity contribution is 8.00. The summed E-state index contributed by atoms with van der Waals surface area (Å²) in [6, 6.07) is 17.1.